The molecule has 0 spiro atoms. The van der Waals surface area contributed by atoms with E-state index in [1.165, 1.54) is 0 Å². The van der Waals surface area contributed by atoms with Crippen molar-refractivity contribution in [3.05, 3.63) is 0 Å². The largest absolute Gasteiger partial charge is 0.482 e. The molecule has 0 amide bonds. The summed E-state index contributed by atoms with van der Waals surface area (Å²) in [5.74, 6) is -30.9. The van der Waals surface area contributed by atoms with Crippen LogP contribution in [0.15, 0.2) is 0 Å². The van der Waals surface area contributed by atoms with Crippen molar-refractivity contribution in [2.45, 2.75) is 35.9 Å². The standard InChI is InChI=1S/C6HF12O4P/c7-1(8)2(9,10)4(13,14)6(17,18)22-23(19,20)21-5(15,16)3(1,11)12/h(H,19,20). The first-order chi connectivity index (χ1) is 9.66. The Bertz CT molecular complexity index is 500. The second-order valence-electron chi connectivity index (χ2n) is 3.98. The van der Waals surface area contributed by atoms with Gasteiger partial charge in [-0.1, -0.05) is 0 Å². The van der Waals surface area contributed by atoms with Crippen LogP contribution >= 0.6 is 7.82 Å². The molecule has 0 aromatic carbocycles. The summed E-state index contributed by atoms with van der Waals surface area (Å²) in [6.45, 7) is 0. The Morgan fingerprint density at radius 1 is 0.565 bits per heavy atom. The third kappa shape index (κ3) is 2.49. The van der Waals surface area contributed by atoms with E-state index < -0.39 is 43.7 Å². The monoisotopic (exact) mass is 396 g/mol. The summed E-state index contributed by atoms with van der Waals surface area (Å²) in [5, 5.41) is 0. The molecule has 0 aromatic heterocycles. The van der Waals surface area contributed by atoms with Gasteiger partial charge in [0.1, 0.15) is 0 Å². The van der Waals surface area contributed by atoms with Crippen LogP contribution < -0.4 is 0 Å². The normalized spacial score (nSPS) is 33.1. The quantitative estimate of drug-likeness (QED) is 0.499. The van der Waals surface area contributed by atoms with Gasteiger partial charge in [0.25, 0.3) is 0 Å². The van der Waals surface area contributed by atoms with Crippen molar-refractivity contribution in [2.75, 3.05) is 0 Å². The number of phosphoric acid groups is 1. The lowest BCUT2D eigenvalue weighted by Gasteiger charge is -2.38. The van der Waals surface area contributed by atoms with E-state index in [4.69, 9.17) is 4.89 Å². The van der Waals surface area contributed by atoms with Crippen LogP contribution in [-0.4, -0.2) is 40.8 Å². The Kier molecular flexibility index (Phi) is 4.12. The highest BCUT2D eigenvalue weighted by Gasteiger charge is 2.93. The van der Waals surface area contributed by atoms with Gasteiger partial charge in [0.15, 0.2) is 0 Å². The van der Waals surface area contributed by atoms with Crippen LogP contribution in [0.3, 0.4) is 0 Å². The van der Waals surface area contributed by atoms with Gasteiger partial charge in [0.05, 0.1) is 0 Å². The van der Waals surface area contributed by atoms with E-state index in [0.717, 1.165) is 0 Å². The lowest BCUT2D eigenvalue weighted by Crippen LogP contribution is -2.70. The van der Waals surface area contributed by atoms with Crippen LogP contribution in [0, 0.1) is 0 Å². The van der Waals surface area contributed by atoms with Crippen molar-refractivity contribution in [3.63, 3.8) is 0 Å². The Hall–Kier alpha value is -0.730. The van der Waals surface area contributed by atoms with Gasteiger partial charge < -0.3 is 4.89 Å². The summed E-state index contributed by atoms with van der Waals surface area (Å²) in [6.07, 6.45) is -14.1. The first-order valence-corrected chi connectivity index (χ1v) is 6.17. The molecule has 17 heteroatoms. The van der Waals surface area contributed by atoms with E-state index >= 15 is 0 Å². The molecule has 0 saturated carbocycles. The van der Waals surface area contributed by atoms with Gasteiger partial charge in [0, 0.05) is 0 Å². The minimum absolute atomic E-state index is 2.00. The van der Waals surface area contributed by atoms with E-state index in [1.54, 1.807) is 0 Å². The molecular weight excluding hydrogens is 395 g/mol. The Labute approximate surface area is 116 Å². The topological polar surface area (TPSA) is 55.8 Å². The SMILES string of the molecule is O=P1(O)OC(F)(F)C(F)(F)C(F)(F)C(F)(F)C(F)(F)C(F)(F)O1. The van der Waals surface area contributed by atoms with Crippen LogP contribution in [0.1, 0.15) is 0 Å². The first-order valence-electron chi connectivity index (χ1n) is 4.67. The second-order valence-corrected chi connectivity index (χ2v) is 5.28. The van der Waals surface area contributed by atoms with Gasteiger partial charge in [-0.05, 0) is 0 Å². The van der Waals surface area contributed by atoms with Gasteiger partial charge in [-0.15, -0.1) is 0 Å². The van der Waals surface area contributed by atoms with E-state index in [-0.39, 0.29) is 0 Å². The maximum Gasteiger partial charge on any atom is 0.482 e. The van der Waals surface area contributed by atoms with Crippen molar-refractivity contribution in [1.82, 2.24) is 0 Å². The summed E-state index contributed by atoms with van der Waals surface area (Å²) in [5.41, 5.74) is 0. The number of hydrogen-bond acceptors (Lipinski definition) is 3. The highest BCUT2D eigenvalue weighted by atomic mass is 31.2. The molecule has 1 heterocycles. The molecule has 138 valence electrons. The van der Waals surface area contributed by atoms with Crippen molar-refractivity contribution >= 4 is 7.82 Å². The number of halogens is 12. The zero-order chi connectivity index (χ0) is 18.9. The van der Waals surface area contributed by atoms with Gasteiger partial charge in [-0.2, -0.15) is 52.7 Å². The van der Waals surface area contributed by atoms with E-state index in [0.29, 0.717) is 0 Å². The number of hydrogen-bond donors (Lipinski definition) is 1. The molecule has 0 aliphatic carbocycles. The Morgan fingerprint density at radius 2 is 0.783 bits per heavy atom. The molecule has 1 fully saturated rings. The van der Waals surface area contributed by atoms with Crippen molar-refractivity contribution in [3.8, 4) is 0 Å². The molecule has 0 bridgehead atoms. The summed E-state index contributed by atoms with van der Waals surface area (Å²) >= 11 is 0. The third-order valence-electron chi connectivity index (χ3n) is 2.37. The smallest absolute Gasteiger partial charge is 0.302 e. The Balaban J connectivity index is 3.83. The lowest BCUT2D eigenvalue weighted by molar-refractivity contribution is -0.452. The molecule has 0 radical (unpaired) electrons. The predicted octanol–water partition coefficient (Wildman–Crippen LogP) is 3.86. The van der Waals surface area contributed by atoms with Gasteiger partial charge >= 0.3 is 43.7 Å². The van der Waals surface area contributed by atoms with Gasteiger partial charge in [-0.25, -0.2) is 13.6 Å². The maximum atomic E-state index is 12.9. The fraction of sp³-hybridized carbons (Fsp3) is 1.00. The lowest BCUT2D eigenvalue weighted by atomic mass is 9.97. The van der Waals surface area contributed by atoms with E-state index in [9.17, 15) is 57.3 Å². The molecular formula is C6HF12O4P. The maximum absolute atomic E-state index is 12.9. The van der Waals surface area contributed by atoms with Gasteiger partial charge in [0.2, 0.25) is 0 Å². The van der Waals surface area contributed by atoms with Crippen molar-refractivity contribution < 1.29 is 71.2 Å². The average molecular weight is 396 g/mol. The molecule has 0 aromatic rings. The summed E-state index contributed by atoms with van der Waals surface area (Å²) in [4.78, 5) is 8.28. The van der Waals surface area contributed by atoms with Crippen molar-refractivity contribution in [2.24, 2.45) is 0 Å². The number of phosphoric ester groups is 1. The molecule has 1 N–H and O–H groups in total. The molecule has 1 aliphatic rings. The van der Waals surface area contributed by atoms with Crippen molar-refractivity contribution in [1.29, 1.82) is 0 Å². The first kappa shape index (κ1) is 20.3. The fourth-order valence-corrected chi connectivity index (χ4v) is 2.03. The fourth-order valence-electron chi connectivity index (χ4n) is 1.18. The molecule has 1 saturated heterocycles. The average Bonchev–Trinajstić information content (AvgIpc) is 2.23. The van der Waals surface area contributed by atoms with Gasteiger partial charge in [-0.3, -0.25) is 0 Å². The minimum atomic E-state index is -7.86. The zero-order valence-corrected chi connectivity index (χ0v) is 10.5. The van der Waals surface area contributed by atoms with Crippen LogP contribution in [0.5, 0.6) is 0 Å². The van der Waals surface area contributed by atoms with Crippen LogP contribution in [-0.2, 0) is 13.6 Å². The summed E-state index contributed by atoms with van der Waals surface area (Å²) in [6, 6.07) is 0. The molecule has 1 rings (SSSR count). The Morgan fingerprint density at radius 3 is 1.00 bits per heavy atom. The molecule has 23 heavy (non-hydrogen) atoms. The number of alkyl halides is 12. The third-order valence-corrected chi connectivity index (χ3v) is 3.29. The molecule has 1 aliphatic heterocycles. The number of rotatable bonds is 0. The molecule has 0 unspecified atom stereocenters. The van der Waals surface area contributed by atoms with Crippen LogP contribution in [0.2, 0.25) is 0 Å². The summed E-state index contributed by atoms with van der Waals surface area (Å²) in [7, 11) is -7.33. The van der Waals surface area contributed by atoms with E-state index in [2.05, 4.69) is 0 Å². The highest BCUT2D eigenvalue weighted by Crippen LogP contribution is 2.67. The van der Waals surface area contributed by atoms with Crippen LogP contribution in [0.4, 0.5) is 52.7 Å². The van der Waals surface area contributed by atoms with E-state index in [1.807, 2.05) is 9.05 Å². The predicted molar refractivity (Wildman–Crippen MR) is 41.7 cm³/mol. The molecule has 0 atom stereocenters. The van der Waals surface area contributed by atoms with Crippen LogP contribution in [0.25, 0.3) is 0 Å². The summed E-state index contributed by atoms with van der Waals surface area (Å²) < 4.78 is 168. The zero-order valence-electron chi connectivity index (χ0n) is 9.65. The minimum Gasteiger partial charge on any atom is -0.302 e. The second kappa shape index (κ2) is 4.67. The highest BCUT2D eigenvalue weighted by molar-refractivity contribution is 7.47. The molecule has 4 nitrogen and oxygen atoms in total.